The molecule has 2 saturated heterocycles. The maximum Gasteiger partial charge on any atom is 0.250 e. The normalized spacial score (nSPS) is 22.0. The fourth-order valence-electron chi connectivity index (χ4n) is 4.33. The van der Waals surface area contributed by atoms with Crippen molar-refractivity contribution >= 4 is 10.9 Å². The number of nitrogens with one attached hydrogen (secondary N) is 1. The van der Waals surface area contributed by atoms with Gasteiger partial charge in [-0.15, -0.1) is 0 Å². The van der Waals surface area contributed by atoms with E-state index in [0.717, 1.165) is 32.5 Å². The molecule has 0 saturated carbocycles. The van der Waals surface area contributed by atoms with Gasteiger partial charge < -0.3 is 14.5 Å². The smallest absolute Gasteiger partial charge is 0.250 e. The molecular weight excluding hydrogens is 345 g/mol. The molecule has 2 aliphatic rings. The van der Waals surface area contributed by atoms with Gasteiger partial charge in [0.1, 0.15) is 6.10 Å². The van der Waals surface area contributed by atoms with E-state index in [1.807, 2.05) is 6.20 Å². The molecule has 0 bridgehead atoms. The number of aromatic nitrogens is 2. The average Bonchev–Trinajstić information content (AvgIpc) is 3.13. The van der Waals surface area contributed by atoms with Crippen molar-refractivity contribution in [3.8, 4) is 5.88 Å². The Balaban J connectivity index is 1.22. The van der Waals surface area contributed by atoms with E-state index in [1.54, 1.807) is 12.3 Å². The van der Waals surface area contributed by atoms with Crippen molar-refractivity contribution in [2.24, 2.45) is 0 Å². The lowest BCUT2D eigenvalue weighted by molar-refractivity contribution is -0.188. The fraction of sp³-hybridized carbons (Fsp3) is 0.381. The highest BCUT2D eigenvalue weighted by Gasteiger charge is 2.48. The van der Waals surface area contributed by atoms with Gasteiger partial charge in [0.2, 0.25) is 0 Å². The zero-order valence-corrected chi connectivity index (χ0v) is 15.0. The second-order valence-corrected chi connectivity index (χ2v) is 7.56. The van der Waals surface area contributed by atoms with Gasteiger partial charge in [-0.05, 0) is 29.8 Å². The van der Waals surface area contributed by atoms with Crippen LogP contribution < -0.4 is 4.74 Å². The topological polar surface area (TPSA) is 50.4 Å². The van der Waals surface area contributed by atoms with Crippen molar-refractivity contribution < 1.29 is 13.9 Å². The number of pyridine rings is 1. The van der Waals surface area contributed by atoms with Crippen molar-refractivity contribution in [3.63, 3.8) is 0 Å². The third kappa shape index (κ3) is 3.19. The largest absolute Gasteiger partial charge is 0.472 e. The molecule has 5 nitrogen and oxygen atoms in total. The van der Waals surface area contributed by atoms with Crippen LogP contribution in [0.15, 0.2) is 48.8 Å². The maximum atomic E-state index is 13.8. The number of hydrogen-bond acceptors (Lipinski definition) is 4. The minimum Gasteiger partial charge on any atom is -0.472 e. The molecule has 2 aliphatic heterocycles. The number of nitrogens with zero attached hydrogens (tertiary/aromatic N) is 2. The van der Waals surface area contributed by atoms with E-state index >= 15 is 0 Å². The molecule has 0 radical (unpaired) electrons. The number of ether oxygens (including phenoxy) is 2. The molecule has 5 rings (SSSR count). The Bertz CT molecular complexity index is 951. The fourth-order valence-corrected chi connectivity index (χ4v) is 4.33. The lowest BCUT2D eigenvalue weighted by Gasteiger charge is -2.53. The van der Waals surface area contributed by atoms with Gasteiger partial charge in [0, 0.05) is 55.8 Å². The van der Waals surface area contributed by atoms with Crippen LogP contribution in [0, 0.1) is 5.82 Å². The van der Waals surface area contributed by atoms with Crippen LogP contribution in [0.3, 0.4) is 0 Å². The summed E-state index contributed by atoms with van der Waals surface area (Å²) in [6.07, 6.45) is 5.02. The highest BCUT2D eigenvalue weighted by molar-refractivity contribution is 5.82. The summed E-state index contributed by atoms with van der Waals surface area (Å²) in [5.74, 6) is -0.317. The standard InChI is InChI=1S/C21H22FN3O2/c22-18-4-2-8-24-20(18)27-16-7-10-26-21(11-16)13-25(14-21)12-15-3-1-5-19-17(15)6-9-23-19/h1-6,8-9,16,23H,7,10-14H2/t16-/m0/s1. The third-order valence-electron chi connectivity index (χ3n) is 5.55. The van der Waals surface area contributed by atoms with E-state index in [9.17, 15) is 4.39 Å². The molecule has 1 aromatic carbocycles. The van der Waals surface area contributed by atoms with Crippen LogP contribution in [-0.2, 0) is 11.3 Å². The number of likely N-dealkylation sites (tertiary alicyclic amines) is 1. The first-order valence-electron chi connectivity index (χ1n) is 9.39. The van der Waals surface area contributed by atoms with Crippen LogP contribution in [0.4, 0.5) is 4.39 Å². The second kappa shape index (κ2) is 6.62. The molecule has 1 atom stereocenters. The Labute approximate surface area is 157 Å². The van der Waals surface area contributed by atoms with E-state index in [0.29, 0.717) is 6.61 Å². The summed E-state index contributed by atoms with van der Waals surface area (Å²) in [4.78, 5) is 9.66. The molecule has 1 spiro atoms. The number of rotatable bonds is 4. The second-order valence-electron chi connectivity index (χ2n) is 7.56. The summed E-state index contributed by atoms with van der Waals surface area (Å²) in [5.41, 5.74) is 2.31. The molecule has 27 heavy (non-hydrogen) atoms. The number of H-pyrrole nitrogens is 1. The van der Waals surface area contributed by atoms with E-state index in [1.165, 1.54) is 22.5 Å². The molecule has 0 amide bonds. The van der Waals surface area contributed by atoms with Gasteiger partial charge >= 0.3 is 0 Å². The molecule has 2 aromatic heterocycles. The molecule has 1 N–H and O–H groups in total. The lowest BCUT2D eigenvalue weighted by atomic mass is 9.84. The Hall–Kier alpha value is -2.44. The van der Waals surface area contributed by atoms with Crippen molar-refractivity contribution in [2.75, 3.05) is 19.7 Å². The number of aromatic amines is 1. The van der Waals surface area contributed by atoms with Crippen molar-refractivity contribution in [3.05, 3.63) is 60.2 Å². The van der Waals surface area contributed by atoms with Gasteiger partial charge in [0.05, 0.1) is 12.2 Å². The van der Waals surface area contributed by atoms with Crippen LogP contribution in [0.25, 0.3) is 10.9 Å². The summed E-state index contributed by atoms with van der Waals surface area (Å²) in [6, 6.07) is 11.4. The molecule has 2 fully saturated rings. The van der Waals surface area contributed by atoms with Crippen LogP contribution in [0.5, 0.6) is 5.88 Å². The summed E-state index contributed by atoms with van der Waals surface area (Å²) < 4.78 is 25.7. The first kappa shape index (κ1) is 16.7. The minimum atomic E-state index is -0.409. The van der Waals surface area contributed by atoms with Gasteiger partial charge in [-0.3, -0.25) is 4.90 Å². The number of benzene rings is 1. The van der Waals surface area contributed by atoms with Crippen molar-refractivity contribution in [1.82, 2.24) is 14.9 Å². The Morgan fingerprint density at radius 2 is 2.19 bits per heavy atom. The van der Waals surface area contributed by atoms with E-state index in [2.05, 4.69) is 39.1 Å². The van der Waals surface area contributed by atoms with E-state index < -0.39 is 5.82 Å². The maximum absolute atomic E-state index is 13.8. The molecule has 3 aromatic rings. The minimum absolute atomic E-state index is 0.0570. The third-order valence-corrected chi connectivity index (χ3v) is 5.55. The predicted octanol–water partition coefficient (Wildman–Crippen LogP) is 3.51. The van der Waals surface area contributed by atoms with Gasteiger partial charge in [-0.25, -0.2) is 9.37 Å². The van der Waals surface area contributed by atoms with Crippen LogP contribution in [-0.4, -0.2) is 46.3 Å². The monoisotopic (exact) mass is 367 g/mol. The number of hydrogen-bond donors (Lipinski definition) is 1. The highest BCUT2D eigenvalue weighted by Crippen LogP contribution is 2.37. The summed E-state index contributed by atoms with van der Waals surface area (Å²) >= 11 is 0. The number of halogens is 1. The Kier molecular flexibility index (Phi) is 4.10. The first-order chi connectivity index (χ1) is 13.2. The van der Waals surface area contributed by atoms with Crippen molar-refractivity contribution in [1.29, 1.82) is 0 Å². The zero-order valence-electron chi connectivity index (χ0n) is 15.0. The van der Waals surface area contributed by atoms with Crippen LogP contribution in [0.1, 0.15) is 18.4 Å². The Morgan fingerprint density at radius 3 is 3.07 bits per heavy atom. The summed E-state index contributed by atoms with van der Waals surface area (Å²) in [5, 5.41) is 1.27. The lowest BCUT2D eigenvalue weighted by Crippen LogP contribution is -2.65. The Morgan fingerprint density at radius 1 is 1.26 bits per heavy atom. The first-order valence-corrected chi connectivity index (χ1v) is 9.39. The highest BCUT2D eigenvalue weighted by atomic mass is 19.1. The molecular formula is C21H22FN3O2. The SMILES string of the molecule is Fc1cccnc1O[C@H]1CCOC2(C1)CN(Cc1cccc3[nH]ccc13)C2. The predicted molar refractivity (Wildman–Crippen MR) is 100 cm³/mol. The molecule has 0 aliphatic carbocycles. The molecule has 140 valence electrons. The average molecular weight is 367 g/mol. The zero-order chi connectivity index (χ0) is 18.3. The van der Waals surface area contributed by atoms with Gasteiger partial charge in [0.25, 0.3) is 5.88 Å². The number of fused-ring (bicyclic) bond motifs is 1. The van der Waals surface area contributed by atoms with Crippen molar-refractivity contribution in [2.45, 2.75) is 31.1 Å². The molecule has 4 heterocycles. The van der Waals surface area contributed by atoms with E-state index in [4.69, 9.17) is 9.47 Å². The molecule has 0 unspecified atom stereocenters. The van der Waals surface area contributed by atoms with Gasteiger partial charge in [-0.2, -0.15) is 0 Å². The van der Waals surface area contributed by atoms with Gasteiger partial charge in [-0.1, -0.05) is 12.1 Å². The van der Waals surface area contributed by atoms with Crippen LogP contribution >= 0.6 is 0 Å². The van der Waals surface area contributed by atoms with E-state index in [-0.39, 0.29) is 17.6 Å². The quantitative estimate of drug-likeness (QED) is 0.767. The van der Waals surface area contributed by atoms with Gasteiger partial charge in [0.15, 0.2) is 5.82 Å². The summed E-state index contributed by atoms with van der Waals surface area (Å²) in [7, 11) is 0. The van der Waals surface area contributed by atoms with Crippen LogP contribution in [0.2, 0.25) is 0 Å². The molecule has 6 heteroatoms. The summed E-state index contributed by atoms with van der Waals surface area (Å²) in [6.45, 7) is 3.29.